The van der Waals surface area contributed by atoms with Gasteiger partial charge in [-0.1, -0.05) is 0 Å². The normalized spacial score (nSPS) is 10.0. The van der Waals surface area contributed by atoms with Gasteiger partial charge < -0.3 is 0 Å². The van der Waals surface area contributed by atoms with Gasteiger partial charge in [0.1, 0.15) is 5.82 Å². The third-order valence-corrected chi connectivity index (χ3v) is 2.74. The molecule has 17 heavy (non-hydrogen) atoms. The summed E-state index contributed by atoms with van der Waals surface area (Å²) in [5.74, 6) is 0.468. The molecule has 86 valence electrons. The van der Waals surface area contributed by atoms with Crippen LogP contribution in [-0.2, 0) is 0 Å². The average Bonchev–Trinajstić information content (AvgIpc) is 2.39. The molecule has 0 atom stereocenters. The van der Waals surface area contributed by atoms with Crippen molar-refractivity contribution in [3.8, 4) is 0 Å². The van der Waals surface area contributed by atoms with Crippen molar-refractivity contribution in [2.24, 2.45) is 0 Å². The van der Waals surface area contributed by atoms with E-state index in [1.54, 1.807) is 37.6 Å². The van der Waals surface area contributed by atoms with Crippen LogP contribution in [0.4, 0.5) is 5.82 Å². The van der Waals surface area contributed by atoms with E-state index in [4.69, 9.17) is 0 Å². The minimum atomic E-state index is -0.132. The Hall–Kier alpha value is -1.75. The first-order chi connectivity index (χ1) is 8.18. The highest BCUT2D eigenvalue weighted by atomic mass is 79.9. The third kappa shape index (κ3) is 2.68. The van der Waals surface area contributed by atoms with Crippen molar-refractivity contribution < 1.29 is 4.79 Å². The second kappa shape index (κ2) is 5.05. The SMILES string of the molecule is CN(C(=O)c1cccnc1)c1ccc(Br)cn1. The van der Waals surface area contributed by atoms with Crippen LogP contribution in [-0.4, -0.2) is 22.9 Å². The fraction of sp³-hybridized carbons (Fsp3) is 0.0833. The first-order valence-corrected chi connectivity index (χ1v) is 5.77. The number of halogens is 1. The molecule has 0 fully saturated rings. The van der Waals surface area contributed by atoms with Crippen LogP contribution in [0.5, 0.6) is 0 Å². The Balaban J connectivity index is 2.23. The van der Waals surface area contributed by atoms with Crippen LogP contribution in [0.25, 0.3) is 0 Å². The molecule has 0 aliphatic carbocycles. The van der Waals surface area contributed by atoms with E-state index in [1.165, 1.54) is 11.1 Å². The standard InChI is InChI=1S/C12H10BrN3O/c1-16(11-5-4-10(13)8-15-11)12(17)9-3-2-6-14-7-9/h2-8H,1H3. The van der Waals surface area contributed by atoms with Gasteiger partial charge in [-0.2, -0.15) is 0 Å². The highest BCUT2D eigenvalue weighted by molar-refractivity contribution is 9.10. The summed E-state index contributed by atoms with van der Waals surface area (Å²) in [5, 5.41) is 0. The van der Waals surface area contributed by atoms with Gasteiger partial charge in [-0.25, -0.2) is 4.98 Å². The molecule has 2 aromatic rings. The summed E-state index contributed by atoms with van der Waals surface area (Å²) in [7, 11) is 1.69. The number of hydrogen-bond acceptors (Lipinski definition) is 3. The fourth-order valence-corrected chi connectivity index (χ4v) is 1.59. The number of rotatable bonds is 2. The lowest BCUT2D eigenvalue weighted by atomic mass is 10.2. The molecule has 0 N–H and O–H groups in total. The molecular formula is C12H10BrN3O. The van der Waals surface area contributed by atoms with E-state index in [9.17, 15) is 4.79 Å². The summed E-state index contributed by atoms with van der Waals surface area (Å²) in [6, 6.07) is 7.08. The largest absolute Gasteiger partial charge is 0.296 e. The molecular weight excluding hydrogens is 282 g/mol. The van der Waals surface area contributed by atoms with Gasteiger partial charge >= 0.3 is 0 Å². The van der Waals surface area contributed by atoms with Crippen LogP contribution in [0, 0.1) is 0 Å². The van der Waals surface area contributed by atoms with Gasteiger partial charge in [-0.3, -0.25) is 14.7 Å². The number of aromatic nitrogens is 2. The predicted molar refractivity (Wildman–Crippen MR) is 68.9 cm³/mol. The summed E-state index contributed by atoms with van der Waals surface area (Å²) >= 11 is 3.30. The zero-order valence-corrected chi connectivity index (χ0v) is 10.8. The molecule has 5 heteroatoms. The minimum Gasteiger partial charge on any atom is -0.296 e. The Morgan fingerprint density at radius 1 is 1.29 bits per heavy atom. The van der Waals surface area contributed by atoms with Crippen LogP contribution < -0.4 is 4.90 Å². The molecule has 0 aliphatic heterocycles. The van der Waals surface area contributed by atoms with E-state index in [-0.39, 0.29) is 5.91 Å². The Morgan fingerprint density at radius 3 is 2.71 bits per heavy atom. The number of carbonyl (C=O) groups is 1. The molecule has 2 rings (SSSR count). The topological polar surface area (TPSA) is 46.1 Å². The number of pyridine rings is 2. The van der Waals surface area contributed by atoms with Crippen molar-refractivity contribution >= 4 is 27.7 Å². The van der Waals surface area contributed by atoms with E-state index >= 15 is 0 Å². The summed E-state index contributed by atoms with van der Waals surface area (Å²) in [5.41, 5.74) is 0.541. The van der Waals surface area contributed by atoms with E-state index in [1.807, 2.05) is 6.07 Å². The first kappa shape index (κ1) is 11.7. The number of amides is 1. The van der Waals surface area contributed by atoms with Crippen molar-refractivity contribution in [1.82, 2.24) is 9.97 Å². The van der Waals surface area contributed by atoms with E-state index < -0.39 is 0 Å². The lowest BCUT2D eigenvalue weighted by molar-refractivity contribution is 0.0992. The van der Waals surface area contributed by atoms with Crippen molar-refractivity contribution in [3.63, 3.8) is 0 Å². The first-order valence-electron chi connectivity index (χ1n) is 4.98. The van der Waals surface area contributed by atoms with Crippen molar-refractivity contribution in [3.05, 3.63) is 52.9 Å². The van der Waals surface area contributed by atoms with Crippen LogP contribution >= 0.6 is 15.9 Å². The van der Waals surface area contributed by atoms with Gasteiger partial charge in [-0.15, -0.1) is 0 Å². The average molecular weight is 292 g/mol. The molecule has 0 unspecified atom stereocenters. The second-order valence-corrected chi connectivity index (χ2v) is 4.36. The highest BCUT2D eigenvalue weighted by Crippen LogP contribution is 2.15. The molecule has 4 nitrogen and oxygen atoms in total. The predicted octanol–water partition coefficient (Wildman–Crippen LogP) is 2.52. The van der Waals surface area contributed by atoms with Gasteiger partial charge in [0.25, 0.3) is 5.91 Å². The fourth-order valence-electron chi connectivity index (χ4n) is 1.35. The molecule has 0 aliphatic rings. The lowest BCUT2D eigenvalue weighted by Crippen LogP contribution is -2.27. The Labute approximate surface area is 107 Å². The van der Waals surface area contributed by atoms with Crippen LogP contribution in [0.2, 0.25) is 0 Å². The van der Waals surface area contributed by atoms with Crippen LogP contribution in [0.15, 0.2) is 47.3 Å². The zero-order chi connectivity index (χ0) is 12.3. The number of hydrogen-bond donors (Lipinski definition) is 0. The quantitative estimate of drug-likeness (QED) is 0.854. The number of carbonyl (C=O) groups excluding carboxylic acids is 1. The lowest BCUT2D eigenvalue weighted by Gasteiger charge is -2.15. The maximum Gasteiger partial charge on any atom is 0.260 e. The summed E-state index contributed by atoms with van der Waals surface area (Å²) in [4.78, 5) is 21.6. The van der Waals surface area contributed by atoms with E-state index in [2.05, 4.69) is 25.9 Å². The van der Waals surface area contributed by atoms with E-state index in [0.717, 1.165) is 4.47 Å². The van der Waals surface area contributed by atoms with E-state index in [0.29, 0.717) is 11.4 Å². The van der Waals surface area contributed by atoms with Crippen LogP contribution in [0.3, 0.4) is 0 Å². The van der Waals surface area contributed by atoms with Gasteiger partial charge in [-0.05, 0) is 40.2 Å². The smallest absolute Gasteiger partial charge is 0.260 e. The van der Waals surface area contributed by atoms with Gasteiger partial charge in [0, 0.05) is 30.1 Å². The summed E-state index contributed by atoms with van der Waals surface area (Å²) in [6.45, 7) is 0. The van der Waals surface area contributed by atoms with Crippen molar-refractivity contribution in [2.45, 2.75) is 0 Å². The van der Waals surface area contributed by atoms with Gasteiger partial charge in [0.05, 0.1) is 5.56 Å². The summed E-state index contributed by atoms with van der Waals surface area (Å²) in [6.07, 6.45) is 4.83. The molecule has 0 aromatic carbocycles. The zero-order valence-electron chi connectivity index (χ0n) is 9.17. The van der Waals surface area contributed by atoms with Crippen molar-refractivity contribution in [1.29, 1.82) is 0 Å². The second-order valence-electron chi connectivity index (χ2n) is 3.44. The van der Waals surface area contributed by atoms with Gasteiger partial charge in [0.2, 0.25) is 0 Å². The molecule has 0 saturated carbocycles. The third-order valence-electron chi connectivity index (χ3n) is 2.27. The maximum absolute atomic E-state index is 12.1. The van der Waals surface area contributed by atoms with Crippen molar-refractivity contribution in [2.75, 3.05) is 11.9 Å². The molecule has 1 amide bonds. The Morgan fingerprint density at radius 2 is 2.12 bits per heavy atom. The molecule has 0 spiro atoms. The monoisotopic (exact) mass is 291 g/mol. The summed E-state index contributed by atoms with van der Waals surface area (Å²) < 4.78 is 0.878. The molecule has 2 aromatic heterocycles. The Kier molecular flexibility index (Phi) is 3.49. The van der Waals surface area contributed by atoms with Gasteiger partial charge in [0.15, 0.2) is 0 Å². The molecule has 0 radical (unpaired) electrons. The molecule has 0 bridgehead atoms. The Bertz CT molecular complexity index is 513. The van der Waals surface area contributed by atoms with Crippen LogP contribution in [0.1, 0.15) is 10.4 Å². The minimum absolute atomic E-state index is 0.132. The molecule has 0 saturated heterocycles. The highest BCUT2D eigenvalue weighted by Gasteiger charge is 2.13. The molecule has 2 heterocycles. The maximum atomic E-state index is 12.1. The number of anilines is 1. The number of nitrogens with zero attached hydrogens (tertiary/aromatic N) is 3.